The first-order valence-electron chi connectivity index (χ1n) is 11.2. The molecule has 3 N–H and O–H groups in total. The molecule has 0 aliphatic rings. The number of carbonyl (C=O) groups excluding carboxylic acids is 2. The molecule has 0 saturated heterocycles. The number of hydrazone groups is 1. The Morgan fingerprint density at radius 3 is 2.42 bits per heavy atom. The van der Waals surface area contributed by atoms with Crippen LogP contribution in [0.2, 0.25) is 0 Å². The van der Waals surface area contributed by atoms with E-state index in [9.17, 15) is 9.59 Å². The number of benzene rings is 2. The fourth-order valence-electron chi connectivity index (χ4n) is 3.58. The fourth-order valence-corrected chi connectivity index (χ4v) is 3.58. The molecule has 2 aromatic heterocycles. The number of carbonyl (C=O) groups is 2. The number of ether oxygens (including phenoxy) is 2. The van der Waals surface area contributed by atoms with Crippen LogP contribution in [0.4, 0.5) is 0 Å². The molecule has 0 aliphatic heterocycles. The number of para-hydroxylation sites is 1. The Morgan fingerprint density at radius 1 is 0.972 bits per heavy atom. The number of aromatic nitrogens is 1. The van der Waals surface area contributed by atoms with E-state index in [0.29, 0.717) is 22.8 Å². The van der Waals surface area contributed by atoms with E-state index in [1.807, 2.05) is 24.3 Å². The molecule has 0 fully saturated rings. The minimum absolute atomic E-state index is 0.0953. The molecule has 0 saturated carbocycles. The van der Waals surface area contributed by atoms with E-state index in [1.54, 1.807) is 36.4 Å². The zero-order valence-corrected chi connectivity index (χ0v) is 19.9. The number of amides is 2. The molecule has 0 atom stereocenters. The topological polar surface area (TPSA) is 121 Å². The van der Waals surface area contributed by atoms with Crippen LogP contribution in [0.1, 0.15) is 33.3 Å². The second-order valence-corrected chi connectivity index (χ2v) is 7.99. The van der Waals surface area contributed by atoms with Crippen LogP contribution in [0.5, 0.6) is 11.5 Å². The predicted octanol–water partition coefficient (Wildman–Crippen LogP) is 3.89. The van der Waals surface area contributed by atoms with Gasteiger partial charge in [-0.15, -0.1) is 0 Å². The molecular weight excluding hydrogens is 460 g/mol. The maximum atomic E-state index is 12.4. The summed E-state index contributed by atoms with van der Waals surface area (Å²) >= 11 is 0. The second-order valence-electron chi connectivity index (χ2n) is 7.99. The lowest BCUT2D eigenvalue weighted by molar-refractivity contribution is -0.119. The van der Waals surface area contributed by atoms with Crippen molar-refractivity contribution in [1.82, 2.24) is 9.99 Å². The van der Waals surface area contributed by atoms with Gasteiger partial charge in [0.1, 0.15) is 23.9 Å². The summed E-state index contributed by atoms with van der Waals surface area (Å²) in [6.45, 7) is 4.04. The molecule has 9 nitrogen and oxygen atoms in total. The third-order valence-corrected chi connectivity index (χ3v) is 5.29. The third-order valence-electron chi connectivity index (χ3n) is 5.29. The average molecular weight is 487 g/mol. The van der Waals surface area contributed by atoms with Gasteiger partial charge in [0.2, 0.25) is 0 Å². The summed E-state index contributed by atoms with van der Waals surface area (Å²) in [5, 5.41) is 3.94. The molecule has 2 heterocycles. The number of nitrogens with two attached hydrogens (primary N) is 1. The van der Waals surface area contributed by atoms with Crippen molar-refractivity contribution in [1.29, 1.82) is 0 Å². The Hall–Kier alpha value is -4.79. The van der Waals surface area contributed by atoms with E-state index < -0.39 is 11.8 Å². The van der Waals surface area contributed by atoms with Gasteiger partial charge in [-0.2, -0.15) is 5.10 Å². The standard InChI is InChI=1S/C27H26N4O5/c1-18-7-8-19(2)31(18)21-9-11-22(12-10-21)34-16-23-13-14-25(36-23)27(33)30-29-15-20-5-3-4-6-24(20)35-17-26(28)32/h3-15H,16-17H2,1-2H3,(H2,28,32)(H,30,33)/b29-15+. The van der Waals surface area contributed by atoms with E-state index in [0.717, 1.165) is 17.1 Å². The van der Waals surface area contributed by atoms with Crippen LogP contribution in [0.15, 0.2) is 82.3 Å². The molecule has 184 valence electrons. The minimum Gasteiger partial charge on any atom is -0.486 e. The Balaban J connectivity index is 1.31. The zero-order valence-electron chi connectivity index (χ0n) is 19.9. The monoisotopic (exact) mass is 486 g/mol. The summed E-state index contributed by atoms with van der Waals surface area (Å²) in [6, 6.07) is 22.1. The van der Waals surface area contributed by atoms with E-state index in [4.69, 9.17) is 19.6 Å². The Morgan fingerprint density at radius 2 is 1.69 bits per heavy atom. The molecule has 4 rings (SSSR count). The van der Waals surface area contributed by atoms with Gasteiger partial charge in [-0.25, -0.2) is 5.43 Å². The van der Waals surface area contributed by atoms with E-state index in [1.165, 1.54) is 6.21 Å². The van der Waals surface area contributed by atoms with Crippen molar-refractivity contribution in [3.05, 3.63) is 101 Å². The largest absolute Gasteiger partial charge is 0.486 e. The first-order valence-corrected chi connectivity index (χ1v) is 11.2. The van der Waals surface area contributed by atoms with Crippen molar-refractivity contribution in [3.8, 4) is 17.2 Å². The predicted molar refractivity (Wildman–Crippen MR) is 134 cm³/mol. The molecule has 2 amide bonds. The van der Waals surface area contributed by atoms with E-state index >= 15 is 0 Å². The number of hydrogen-bond donors (Lipinski definition) is 2. The van der Waals surface area contributed by atoms with Crippen LogP contribution in [0.3, 0.4) is 0 Å². The highest BCUT2D eigenvalue weighted by Crippen LogP contribution is 2.21. The number of primary amides is 1. The number of furan rings is 1. The first kappa shape index (κ1) is 24.3. The number of nitrogens with zero attached hydrogens (tertiary/aromatic N) is 2. The molecule has 4 aromatic rings. The van der Waals surface area contributed by atoms with Crippen molar-refractivity contribution in [2.75, 3.05) is 6.61 Å². The van der Waals surface area contributed by atoms with Gasteiger partial charge in [0.25, 0.3) is 5.91 Å². The van der Waals surface area contributed by atoms with Crippen LogP contribution in [-0.2, 0) is 11.4 Å². The van der Waals surface area contributed by atoms with Crippen LogP contribution in [0.25, 0.3) is 5.69 Å². The van der Waals surface area contributed by atoms with Crippen molar-refractivity contribution >= 4 is 18.0 Å². The molecule has 36 heavy (non-hydrogen) atoms. The van der Waals surface area contributed by atoms with Gasteiger partial charge >= 0.3 is 5.91 Å². The lowest BCUT2D eigenvalue weighted by atomic mass is 10.2. The highest BCUT2D eigenvalue weighted by molar-refractivity contribution is 5.92. The normalized spacial score (nSPS) is 10.9. The summed E-state index contributed by atoms with van der Waals surface area (Å²) in [5.74, 6) is 0.582. The maximum Gasteiger partial charge on any atom is 0.307 e. The highest BCUT2D eigenvalue weighted by Gasteiger charge is 2.11. The van der Waals surface area contributed by atoms with Crippen LogP contribution >= 0.6 is 0 Å². The molecule has 0 bridgehead atoms. The lowest BCUT2D eigenvalue weighted by Crippen LogP contribution is -2.20. The van der Waals surface area contributed by atoms with Crippen LogP contribution in [-0.4, -0.2) is 29.2 Å². The van der Waals surface area contributed by atoms with Gasteiger partial charge < -0.3 is 24.2 Å². The minimum atomic E-state index is -0.591. The van der Waals surface area contributed by atoms with Crippen molar-refractivity contribution in [3.63, 3.8) is 0 Å². The molecule has 0 radical (unpaired) electrons. The number of nitrogens with one attached hydrogen (secondary N) is 1. The van der Waals surface area contributed by atoms with Crippen LogP contribution < -0.4 is 20.6 Å². The second kappa shape index (κ2) is 11.1. The zero-order chi connectivity index (χ0) is 25.5. The third kappa shape index (κ3) is 6.01. The molecule has 2 aromatic carbocycles. The summed E-state index contributed by atoms with van der Waals surface area (Å²) in [7, 11) is 0. The van der Waals surface area contributed by atoms with Gasteiger partial charge in [-0.05, 0) is 74.5 Å². The Labute approximate surface area is 208 Å². The van der Waals surface area contributed by atoms with E-state index in [2.05, 4.69) is 41.1 Å². The smallest absolute Gasteiger partial charge is 0.307 e. The first-order chi connectivity index (χ1) is 17.4. The van der Waals surface area contributed by atoms with Gasteiger partial charge in [0, 0.05) is 22.6 Å². The van der Waals surface area contributed by atoms with Gasteiger partial charge in [-0.1, -0.05) is 12.1 Å². The Bertz CT molecular complexity index is 1370. The number of aryl methyl sites for hydroxylation is 2. The Kier molecular flexibility index (Phi) is 7.50. The molecular formula is C27H26N4O5. The highest BCUT2D eigenvalue weighted by atomic mass is 16.5. The lowest BCUT2D eigenvalue weighted by Gasteiger charge is -2.10. The average Bonchev–Trinajstić information content (AvgIpc) is 3.48. The van der Waals surface area contributed by atoms with Crippen molar-refractivity contribution in [2.45, 2.75) is 20.5 Å². The van der Waals surface area contributed by atoms with Crippen molar-refractivity contribution < 1.29 is 23.5 Å². The SMILES string of the molecule is Cc1ccc(C)n1-c1ccc(OCc2ccc(C(=O)N/N=C/c3ccccc3OCC(N)=O)o2)cc1. The van der Waals surface area contributed by atoms with E-state index in [-0.39, 0.29) is 19.0 Å². The van der Waals surface area contributed by atoms with Gasteiger partial charge in [0.05, 0.1) is 6.21 Å². The molecule has 0 aliphatic carbocycles. The van der Waals surface area contributed by atoms with Gasteiger partial charge in [-0.3, -0.25) is 9.59 Å². The summed E-state index contributed by atoms with van der Waals surface area (Å²) in [4.78, 5) is 23.3. The number of rotatable bonds is 10. The molecule has 0 spiro atoms. The van der Waals surface area contributed by atoms with Crippen LogP contribution in [0, 0.1) is 13.8 Å². The van der Waals surface area contributed by atoms with Crippen molar-refractivity contribution in [2.24, 2.45) is 10.8 Å². The quantitative estimate of drug-likeness (QED) is 0.260. The van der Waals surface area contributed by atoms with Gasteiger partial charge in [0.15, 0.2) is 12.4 Å². The molecule has 9 heteroatoms. The fraction of sp³-hybridized carbons (Fsp3) is 0.148. The summed E-state index contributed by atoms with van der Waals surface area (Å²) in [6.07, 6.45) is 1.40. The maximum absolute atomic E-state index is 12.4. The summed E-state index contributed by atoms with van der Waals surface area (Å²) in [5.41, 5.74) is 11.5. The summed E-state index contributed by atoms with van der Waals surface area (Å²) < 4.78 is 18.9. The number of hydrogen-bond acceptors (Lipinski definition) is 6. The molecule has 0 unspecified atom stereocenters.